The van der Waals surface area contributed by atoms with Crippen molar-refractivity contribution in [2.75, 3.05) is 0 Å². The Balaban J connectivity index is 0. The van der Waals surface area contributed by atoms with Gasteiger partial charge in [-0.15, -0.1) is 0 Å². The molecule has 0 aromatic heterocycles. The van der Waals surface area contributed by atoms with Gasteiger partial charge in [-0.25, -0.2) is 0 Å². The Morgan fingerprint density at radius 1 is 1.00 bits per heavy atom. The summed E-state index contributed by atoms with van der Waals surface area (Å²) in [7, 11) is 0. The Kier molecular flexibility index (Phi) is 514. The molecule has 0 fully saturated rings. The number of hydrogen-bond donors (Lipinski definition) is 1. The molecule has 0 amide bonds. The molecule has 0 rings (SSSR count). The minimum atomic E-state index is 0. The quantitative estimate of drug-likeness (QED) is 0.629. The van der Waals surface area contributed by atoms with Crippen LogP contribution in [0.2, 0.25) is 0 Å². The molecule has 0 spiro atoms. The fourth-order valence-electron chi connectivity index (χ4n) is 0. The number of hydrogen-bond acceptors (Lipinski definition) is 1. The van der Waals surface area contributed by atoms with E-state index in [9.17, 15) is 0 Å². The molecular formula is H3CrCuNNbNiV. The van der Waals surface area contributed by atoms with Gasteiger partial charge >= 0.3 is 0 Å². The first kappa shape index (κ1) is 67.6. The summed E-state index contributed by atoms with van der Waals surface area (Å²) in [6.45, 7) is 0. The van der Waals surface area contributed by atoms with E-state index in [0.717, 1.165) is 0 Å². The molecule has 0 atom stereocenters. The van der Waals surface area contributed by atoms with E-state index in [1.165, 1.54) is 0 Å². The van der Waals surface area contributed by atoms with Crippen LogP contribution in [0.25, 0.3) is 0 Å². The van der Waals surface area contributed by atoms with Crippen molar-refractivity contribution < 1.29 is 91.9 Å². The molecule has 0 saturated carbocycles. The second kappa shape index (κ2) is 45.6. The van der Waals surface area contributed by atoms with Crippen molar-refractivity contribution in [3.05, 3.63) is 0 Å². The average molecular weight is 335 g/mol. The van der Waals surface area contributed by atoms with Crippen molar-refractivity contribution in [3.8, 4) is 0 Å². The van der Waals surface area contributed by atoms with Crippen LogP contribution < -0.4 is 6.15 Å². The van der Waals surface area contributed by atoms with Gasteiger partial charge in [0.15, 0.2) is 0 Å². The van der Waals surface area contributed by atoms with Gasteiger partial charge < -0.3 is 6.15 Å². The van der Waals surface area contributed by atoms with E-state index >= 15 is 0 Å². The molecule has 1 nitrogen and oxygen atoms in total. The van der Waals surface area contributed by atoms with Crippen LogP contribution >= 0.6 is 0 Å². The van der Waals surface area contributed by atoms with Crippen LogP contribution in [-0.4, -0.2) is 0 Å². The fraction of sp³-hybridized carbons (Fsp3) is 0. The van der Waals surface area contributed by atoms with E-state index in [1.54, 1.807) is 0 Å². The van der Waals surface area contributed by atoms with Gasteiger partial charge in [0.2, 0.25) is 0 Å². The molecule has 0 heterocycles. The summed E-state index contributed by atoms with van der Waals surface area (Å²) in [6, 6.07) is 0. The minimum Gasteiger partial charge on any atom is -0.344 e. The fourth-order valence-corrected chi connectivity index (χ4v) is 0. The smallest absolute Gasteiger partial charge is 0 e. The zero-order valence-electron chi connectivity index (χ0n) is 2.63. The summed E-state index contributed by atoms with van der Waals surface area (Å²) >= 11 is 0. The maximum Gasteiger partial charge on any atom is 0 e. The molecular weight excluding hydrogens is 332 g/mol. The second-order valence-electron chi connectivity index (χ2n) is 0. The molecule has 6 heteroatoms. The summed E-state index contributed by atoms with van der Waals surface area (Å²) in [6.07, 6.45) is 0. The molecule has 3 radical (unpaired) electrons. The molecule has 0 aromatic rings. The van der Waals surface area contributed by atoms with Gasteiger partial charge in [0.05, 0.1) is 0 Å². The Morgan fingerprint density at radius 3 is 1.00 bits per heavy atom. The average Bonchev–Trinajstić information content (AvgIpc) is 0. The molecule has 45 valence electrons. The molecule has 0 aliphatic heterocycles. The van der Waals surface area contributed by atoms with Crippen LogP contribution in [-0.2, 0) is 91.9 Å². The maximum atomic E-state index is 0. The molecule has 0 bridgehead atoms. The predicted octanol–water partition coefficient (Wildman–Crippen LogP) is 0.149. The van der Waals surface area contributed by atoms with Gasteiger partial charge in [-0.2, -0.15) is 0 Å². The van der Waals surface area contributed by atoms with Crippen molar-refractivity contribution in [1.82, 2.24) is 6.15 Å². The summed E-state index contributed by atoms with van der Waals surface area (Å²) in [5.74, 6) is 0. The molecule has 0 unspecified atom stereocenters. The Bertz CT molecular complexity index is 15.5. The second-order valence-corrected chi connectivity index (χ2v) is 0. The van der Waals surface area contributed by atoms with Crippen molar-refractivity contribution in [2.24, 2.45) is 0 Å². The topological polar surface area (TPSA) is 35.0 Å². The summed E-state index contributed by atoms with van der Waals surface area (Å²) < 4.78 is 0. The standard InChI is InChI=1S/Cr.Cu.H3N.Nb.Ni.V/h;;1H3;;;. The molecule has 0 saturated heterocycles. The first-order valence-electron chi connectivity index (χ1n) is 0. The van der Waals surface area contributed by atoms with Gasteiger partial charge in [-0.1, -0.05) is 0 Å². The summed E-state index contributed by atoms with van der Waals surface area (Å²) in [4.78, 5) is 0. The van der Waals surface area contributed by atoms with Crippen LogP contribution in [0.1, 0.15) is 0 Å². The van der Waals surface area contributed by atoms with E-state index in [0.29, 0.717) is 0 Å². The monoisotopic (exact) mass is 334 g/mol. The van der Waals surface area contributed by atoms with Crippen LogP contribution in [0, 0.1) is 0 Å². The molecule has 3 N–H and O–H groups in total. The maximum absolute atomic E-state index is 0. The molecule has 0 aliphatic carbocycles. The van der Waals surface area contributed by atoms with E-state index < -0.39 is 0 Å². The van der Waals surface area contributed by atoms with E-state index in [1.807, 2.05) is 0 Å². The van der Waals surface area contributed by atoms with Crippen LogP contribution in [0.3, 0.4) is 0 Å². The van der Waals surface area contributed by atoms with E-state index in [-0.39, 0.29) is 98.0 Å². The van der Waals surface area contributed by atoms with Crippen molar-refractivity contribution >= 4 is 0 Å². The first-order valence-corrected chi connectivity index (χ1v) is 0. The zero-order valence-corrected chi connectivity index (χ0v) is 9.43. The van der Waals surface area contributed by atoms with Crippen molar-refractivity contribution in [3.63, 3.8) is 0 Å². The zero-order chi connectivity index (χ0) is 0. The van der Waals surface area contributed by atoms with Crippen molar-refractivity contribution in [1.29, 1.82) is 0 Å². The third kappa shape index (κ3) is 29.0. The third-order valence-corrected chi connectivity index (χ3v) is 0. The van der Waals surface area contributed by atoms with Crippen LogP contribution in [0.5, 0.6) is 0 Å². The van der Waals surface area contributed by atoms with E-state index in [2.05, 4.69) is 0 Å². The van der Waals surface area contributed by atoms with Gasteiger partial charge in [0, 0.05) is 91.9 Å². The van der Waals surface area contributed by atoms with Crippen LogP contribution in [0.15, 0.2) is 0 Å². The SMILES string of the molecule is N.[Cr].[Cu].[Nb].[Ni].[V]. The molecule has 6 heavy (non-hydrogen) atoms. The summed E-state index contributed by atoms with van der Waals surface area (Å²) in [5, 5.41) is 0. The summed E-state index contributed by atoms with van der Waals surface area (Å²) in [5.41, 5.74) is 0. The Morgan fingerprint density at radius 2 is 1.00 bits per heavy atom. The Labute approximate surface area is 96.7 Å². The van der Waals surface area contributed by atoms with Gasteiger partial charge in [0.1, 0.15) is 0 Å². The van der Waals surface area contributed by atoms with Crippen LogP contribution in [0.4, 0.5) is 0 Å². The molecule has 0 aliphatic rings. The predicted molar refractivity (Wildman–Crippen MR) is 5.02 cm³/mol. The minimum absolute atomic E-state index is 0. The Hall–Kier alpha value is 2.83. The van der Waals surface area contributed by atoms with Gasteiger partial charge in [0.25, 0.3) is 0 Å². The first-order chi connectivity index (χ1) is 0. The van der Waals surface area contributed by atoms with Crippen molar-refractivity contribution in [2.45, 2.75) is 0 Å². The third-order valence-electron chi connectivity index (χ3n) is 0. The largest absolute Gasteiger partial charge is 0.344 e. The van der Waals surface area contributed by atoms with Gasteiger partial charge in [-0.05, 0) is 0 Å². The number of rotatable bonds is 0. The normalized spacial score (nSPS) is 0. The van der Waals surface area contributed by atoms with Gasteiger partial charge in [-0.3, -0.25) is 0 Å². The van der Waals surface area contributed by atoms with E-state index in [4.69, 9.17) is 0 Å². The molecule has 0 aromatic carbocycles.